The molecule has 38 heavy (non-hydrogen) atoms. The molecule has 8 heteroatoms. The smallest absolute Gasteiger partial charge is 0.257 e. The van der Waals surface area contributed by atoms with Crippen LogP contribution in [0.1, 0.15) is 61.9 Å². The molecular formula is C30H42N4O4. The Morgan fingerprint density at radius 3 is 2.66 bits per heavy atom. The molecule has 4 rings (SSSR count). The molecule has 1 aliphatic heterocycles. The molecule has 1 aromatic carbocycles. The number of nitrogens with one attached hydrogen (secondary N) is 1. The van der Waals surface area contributed by atoms with Crippen LogP contribution < -0.4 is 10.1 Å². The standard InChI is InChI=1S/C30H42N4O4/c1-21-17-34(18-23-9-8-14-31-16-23)22(2)20-38-27-15-25(32-29(35)24-10-6-5-7-11-24)12-13-26(27)30(36)33(3)19-28(21)37-4/h8-9,12-16,21-22,24,28H,5-7,10-11,17-20H2,1-4H3,(H,32,35)/t21-,22+,28-/m0/s1. The zero-order valence-corrected chi connectivity index (χ0v) is 23.2. The Bertz CT molecular complexity index is 1070. The van der Waals surface area contributed by atoms with Crippen LogP contribution in [0.25, 0.3) is 0 Å². The van der Waals surface area contributed by atoms with Gasteiger partial charge in [0.25, 0.3) is 5.91 Å². The molecular weight excluding hydrogens is 480 g/mol. The molecule has 3 atom stereocenters. The summed E-state index contributed by atoms with van der Waals surface area (Å²) >= 11 is 0. The fourth-order valence-electron chi connectivity index (χ4n) is 5.48. The summed E-state index contributed by atoms with van der Waals surface area (Å²) in [6.07, 6.45) is 8.81. The largest absolute Gasteiger partial charge is 0.491 e. The number of ether oxygens (including phenoxy) is 2. The molecule has 1 fully saturated rings. The van der Waals surface area contributed by atoms with Gasteiger partial charge in [-0.15, -0.1) is 0 Å². The number of likely N-dealkylation sites (N-methyl/N-ethyl adjacent to an activating group) is 1. The molecule has 2 aromatic rings. The van der Waals surface area contributed by atoms with Crippen molar-refractivity contribution in [1.29, 1.82) is 0 Å². The molecule has 2 heterocycles. The first-order valence-corrected chi connectivity index (χ1v) is 13.8. The Morgan fingerprint density at radius 1 is 1.16 bits per heavy atom. The number of carbonyl (C=O) groups excluding carboxylic acids is 2. The summed E-state index contributed by atoms with van der Waals surface area (Å²) in [7, 11) is 3.50. The van der Waals surface area contributed by atoms with Crippen LogP contribution in [0.15, 0.2) is 42.7 Å². The van der Waals surface area contributed by atoms with E-state index in [0.29, 0.717) is 30.2 Å². The van der Waals surface area contributed by atoms with Crippen LogP contribution in [-0.4, -0.2) is 72.6 Å². The van der Waals surface area contributed by atoms with E-state index < -0.39 is 0 Å². The number of pyridine rings is 1. The van der Waals surface area contributed by atoms with E-state index in [1.807, 2.05) is 12.3 Å². The third kappa shape index (κ3) is 7.11. The van der Waals surface area contributed by atoms with E-state index in [1.54, 1.807) is 43.5 Å². The summed E-state index contributed by atoms with van der Waals surface area (Å²) < 4.78 is 12.2. The summed E-state index contributed by atoms with van der Waals surface area (Å²) in [4.78, 5) is 34.7. The molecule has 0 spiro atoms. The zero-order chi connectivity index (χ0) is 27.1. The van der Waals surface area contributed by atoms with E-state index in [2.05, 4.69) is 35.1 Å². The minimum atomic E-state index is -0.125. The Hall–Kier alpha value is -2.97. The third-order valence-electron chi connectivity index (χ3n) is 7.93. The highest BCUT2D eigenvalue weighted by molar-refractivity contribution is 5.98. The first-order chi connectivity index (χ1) is 18.4. The van der Waals surface area contributed by atoms with Crippen molar-refractivity contribution >= 4 is 17.5 Å². The van der Waals surface area contributed by atoms with Crippen LogP contribution in [0.4, 0.5) is 5.69 Å². The number of hydrogen-bond donors (Lipinski definition) is 1. The van der Waals surface area contributed by atoms with Crippen LogP contribution in [-0.2, 0) is 16.1 Å². The lowest BCUT2D eigenvalue weighted by Gasteiger charge is -2.36. The highest BCUT2D eigenvalue weighted by Crippen LogP contribution is 2.29. The summed E-state index contributed by atoms with van der Waals surface area (Å²) in [5.41, 5.74) is 2.27. The topological polar surface area (TPSA) is 84.0 Å². The fourth-order valence-corrected chi connectivity index (χ4v) is 5.48. The minimum absolute atomic E-state index is 0.0486. The van der Waals surface area contributed by atoms with E-state index >= 15 is 0 Å². The van der Waals surface area contributed by atoms with Gasteiger partial charge in [-0.05, 0) is 49.4 Å². The van der Waals surface area contributed by atoms with Gasteiger partial charge in [0.15, 0.2) is 0 Å². The molecule has 1 aromatic heterocycles. The van der Waals surface area contributed by atoms with Gasteiger partial charge in [-0.3, -0.25) is 19.5 Å². The second-order valence-corrected chi connectivity index (χ2v) is 10.9. The number of aromatic nitrogens is 1. The number of fused-ring (bicyclic) bond motifs is 1. The molecule has 206 valence electrons. The maximum Gasteiger partial charge on any atom is 0.257 e. The average Bonchev–Trinajstić information content (AvgIpc) is 2.94. The monoisotopic (exact) mass is 522 g/mol. The van der Waals surface area contributed by atoms with Crippen LogP contribution in [0.3, 0.4) is 0 Å². The van der Waals surface area contributed by atoms with Gasteiger partial charge in [0.1, 0.15) is 12.4 Å². The normalized spacial score (nSPS) is 24.1. The van der Waals surface area contributed by atoms with Crippen molar-refractivity contribution in [3.63, 3.8) is 0 Å². The Morgan fingerprint density at radius 2 is 1.95 bits per heavy atom. The van der Waals surface area contributed by atoms with E-state index in [9.17, 15) is 9.59 Å². The molecule has 1 saturated carbocycles. The van der Waals surface area contributed by atoms with Crippen molar-refractivity contribution in [2.75, 3.05) is 39.2 Å². The van der Waals surface area contributed by atoms with Crippen molar-refractivity contribution in [3.8, 4) is 5.75 Å². The van der Waals surface area contributed by atoms with E-state index in [4.69, 9.17) is 9.47 Å². The summed E-state index contributed by atoms with van der Waals surface area (Å²) in [6.45, 7) is 6.68. The molecule has 0 unspecified atom stereocenters. The van der Waals surface area contributed by atoms with Gasteiger partial charge >= 0.3 is 0 Å². The second-order valence-electron chi connectivity index (χ2n) is 10.9. The molecule has 2 amide bonds. The molecule has 2 aliphatic rings. The predicted octanol–water partition coefficient (Wildman–Crippen LogP) is 4.61. The number of amides is 2. The van der Waals surface area contributed by atoms with Gasteiger partial charge in [0.2, 0.25) is 5.91 Å². The average molecular weight is 523 g/mol. The zero-order valence-electron chi connectivity index (χ0n) is 23.2. The molecule has 1 aliphatic carbocycles. The molecule has 8 nitrogen and oxygen atoms in total. The van der Waals surface area contributed by atoms with Crippen molar-refractivity contribution in [1.82, 2.24) is 14.8 Å². The SMILES string of the molecule is CO[C@H]1CN(C)C(=O)c2ccc(NC(=O)C3CCCCC3)cc2OC[C@@H](C)N(Cc2cccnc2)C[C@@H]1C. The lowest BCUT2D eigenvalue weighted by molar-refractivity contribution is -0.120. The molecule has 0 bridgehead atoms. The lowest BCUT2D eigenvalue weighted by Crippen LogP contribution is -2.46. The van der Waals surface area contributed by atoms with Crippen molar-refractivity contribution in [3.05, 3.63) is 53.9 Å². The van der Waals surface area contributed by atoms with E-state index in [1.165, 1.54) is 6.42 Å². The quantitative estimate of drug-likeness (QED) is 0.618. The third-order valence-corrected chi connectivity index (χ3v) is 7.93. The Kier molecular flexibility index (Phi) is 9.74. The first kappa shape index (κ1) is 28.0. The van der Waals surface area contributed by atoms with Gasteiger partial charge in [0.05, 0.1) is 11.7 Å². The second kappa shape index (κ2) is 13.2. The molecule has 0 radical (unpaired) electrons. The molecule has 1 N–H and O–H groups in total. The van der Waals surface area contributed by atoms with Gasteiger partial charge < -0.3 is 19.7 Å². The number of methoxy groups -OCH3 is 1. The number of nitrogens with zero attached hydrogens (tertiary/aromatic N) is 3. The van der Waals surface area contributed by atoms with Gasteiger partial charge in [-0.2, -0.15) is 0 Å². The number of rotatable bonds is 5. The minimum Gasteiger partial charge on any atom is -0.491 e. The van der Waals surface area contributed by atoms with Crippen LogP contribution in [0, 0.1) is 11.8 Å². The number of benzene rings is 1. The van der Waals surface area contributed by atoms with Crippen molar-refractivity contribution in [2.45, 2.75) is 64.6 Å². The van der Waals surface area contributed by atoms with Gasteiger partial charge in [0, 0.05) is 69.9 Å². The number of hydrogen-bond acceptors (Lipinski definition) is 6. The lowest BCUT2D eigenvalue weighted by atomic mass is 9.88. The van der Waals surface area contributed by atoms with Crippen LogP contribution in [0.2, 0.25) is 0 Å². The predicted molar refractivity (Wildman–Crippen MR) is 148 cm³/mol. The highest BCUT2D eigenvalue weighted by atomic mass is 16.5. The van der Waals surface area contributed by atoms with Gasteiger partial charge in [-0.1, -0.05) is 32.3 Å². The number of carbonyl (C=O) groups is 2. The van der Waals surface area contributed by atoms with Crippen LogP contribution >= 0.6 is 0 Å². The summed E-state index contributed by atoms with van der Waals surface area (Å²) in [6, 6.07) is 9.46. The van der Waals surface area contributed by atoms with Crippen molar-refractivity contribution < 1.29 is 19.1 Å². The van der Waals surface area contributed by atoms with Crippen LogP contribution in [0.5, 0.6) is 5.75 Å². The Labute approximate surface area is 226 Å². The fraction of sp³-hybridized carbons (Fsp3) is 0.567. The molecule has 0 saturated heterocycles. The number of anilines is 1. The van der Waals surface area contributed by atoms with E-state index in [0.717, 1.165) is 44.3 Å². The Balaban J connectivity index is 1.59. The summed E-state index contributed by atoms with van der Waals surface area (Å²) in [5.74, 6) is 0.645. The van der Waals surface area contributed by atoms with Crippen molar-refractivity contribution in [2.24, 2.45) is 11.8 Å². The highest BCUT2D eigenvalue weighted by Gasteiger charge is 2.29. The first-order valence-electron chi connectivity index (χ1n) is 13.8. The maximum absolute atomic E-state index is 13.5. The van der Waals surface area contributed by atoms with Gasteiger partial charge in [-0.25, -0.2) is 0 Å². The summed E-state index contributed by atoms with van der Waals surface area (Å²) in [5, 5.41) is 3.07. The maximum atomic E-state index is 13.5. The van der Waals surface area contributed by atoms with E-state index in [-0.39, 0.29) is 35.8 Å².